The summed E-state index contributed by atoms with van der Waals surface area (Å²) in [4.78, 5) is 25.3. The largest absolute Gasteiger partial charge is 0.492 e. The van der Waals surface area contributed by atoms with Gasteiger partial charge in [-0.1, -0.05) is 48.5 Å². The van der Waals surface area contributed by atoms with Crippen LogP contribution in [0.2, 0.25) is 0 Å². The first-order valence-corrected chi connectivity index (χ1v) is 11.0. The molecule has 0 saturated heterocycles. The summed E-state index contributed by atoms with van der Waals surface area (Å²) in [5, 5.41) is 5.99. The Kier molecular flexibility index (Phi) is 6.85. The Morgan fingerprint density at radius 1 is 1.00 bits per heavy atom. The minimum absolute atomic E-state index is 0.0121. The lowest BCUT2D eigenvalue weighted by molar-refractivity contribution is -0.126. The van der Waals surface area contributed by atoms with E-state index in [0.29, 0.717) is 30.8 Å². The molecule has 0 bridgehead atoms. The lowest BCUT2D eigenvalue weighted by atomic mass is 9.95. The summed E-state index contributed by atoms with van der Waals surface area (Å²) in [5.74, 6) is 0.402. The van der Waals surface area contributed by atoms with Crippen molar-refractivity contribution < 1.29 is 14.3 Å². The van der Waals surface area contributed by atoms with Gasteiger partial charge in [-0.2, -0.15) is 0 Å². The van der Waals surface area contributed by atoms with Crippen molar-refractivity contribution in [1.29, 1.82) is 0 Å². The molecule has 1 atom stereocenters. The molecule has 1 aliphatic rings. The zero-order chi connectivity index (χ0) is 22.3. The van der Waals surface area contributed by atoms with Crippen molar-refractivity contribution in [2.24, 2.45) is 5.92 Å². The van der Waals surface area contributed by atoms with E-state index in [1.165, 1.54) is 5.56 Å². The molecule has 0 fully saturated rings. The monoisotopic (exact) mass is 428 g/mol. The van der Waals surface area contributed by atoms with E-state index in [9.17, 15) is 9.59 Å². The fourth-order valence-corrected chi connectivity index (χ4v) is 3.96. The van der Waals surface area contributed by atoms with Gasteiger partial charge < -0.3 is 15.4 Å². The van der Waals surface area contributed by atoms with Gasteiger partial charge in [0.25, 0.3) is 5.91 Å². The molecule has 0 saturated carbocycles. The smallest absolute Gasteiger partial charge is 0.255 e. The van der Waals surface area contributed by atoms with Gasteiger partial charge in [0.2, 0.25) is 5.91 Å². The van der Waals surface area contributed by atoms with Gasteiger partial charge in [0.05, 0.1) is 5.92 Å². The predicted molar refractivity (Wildman–Crippen MR) is 126 cm³/mol. The van der Waals surface area contributed by atoms with Crippen LogP contribution in [0.25, 0.3) is 0 Å². The van der Waals surface area contributed by atoms with E-state index in [2.05, 4.69) is 22.8 Å². The van der Waals surface area contributed by atoms with E-state index in [4.69, 9.17) is 4.74 Å². The van der Waals surface area contributed by atoms with Crippen LogP contribution in [0, 0.1) is 12.8 Å². The van der Waals surface area contributed by atoms with Crippen LogP contribution in [-0.2, 0) is 17.6 Å². The summed E-state index contributed by atoms with van der Waals surface area (Å²) in [6, 6.07) is 23.4. The van der Waals surface area contributed by atoms with Crippen molar-refractivity contribution in [2.75, 3.05) is 18.5 Å². The van der Waals surface area contributed by atoms with Crippen LogP contribution in [0.4, 0.5) is 5.69 Å². The number of hydrogen-bond donors (Lipinski definition) is 2. The highest BCUT2D eigenvalue weighted by molar-refractivity contribution is 6.05. The van der Waals surface area contributed by atoms with Gasteiger partial charge in [0.1, 0.15) is 12.4 Å². The first-order chi connectivity index (χ1) is 15.6. The number of fused-ring (bicyclic) bond motifs is 1. The maximum Gasteiger partial charge on any atom is 0.255 e. The minimum Gasteiger partial charge on any atom is -0.492 e. The predicted octanol–water partition coefficient (Wildman–Crippen LogP) is 4.55. The maximum absolute atomic E-state index is 12.6. The average Bonchev–Trinajstić information content (AvgIpc) is 2.82. The summed E-state index contributed by atoms with van der Waals surface area (Å²) in [6.45, 7) is 2.93. The molecule has 0 unspecified atom stereocenters. The quantitative estimate of drug-likeness (QED) is 0.543. The highest BCUT2D eigenvalue weighted by atomic mass is 16.5. The SMILES string of the molecule is Cc1ccccc1C(=O)Nc1ccc2c(c1)C[C@H](C(=O)NCCCc1ccccc1)CO2. The number of carbonyl (C=O) groups is 2. The van der Waals surface area contributed by atoms with E-state index in [-0.39, 0.29) is 17.7 Å². The molecule has 164 valence electrons. The molecule has 2 N–H and O–H groups in total. The molecule has 3 aromatic rings. The van der Waals surface area contributed by atoms with E-state index in [1.54, 1.807) is 0 Å². The molecule has 0 aliphatic carbocycles. The van der Waals surface area contributed by atoms with Crippen molar-refractivity contribution in [3.8, 4) is 5.75 Å². The Morgan fingerprint density at radius 2 is 1.78 bits per heavy atom. The molecular weight excluding hydrogens is 400 g/mol. The summed E-state index contributed by atoms with van der Waals surface area (Å²) >= 11 is 0. The molecule has 3 aromatic carbocycles. The van der Waals surface area contributed by atoms with Crippen LogP contribution < -0.4 is 15.4 Å². The Morgan fingerprint density at radius 3 is 2.59 bits per heavy atom. The number of nitrogens with one attached hydrogen (secondary N) is 2. The fourth-order valence-electron chi connectivity index (χ4n) is 3.96. The van der Waals surface area contributed by atoms with Crippen LogP contribution in [0.15, 0.2) is 72.8 Å². The Hall–Kier alpha value is -3.60. The van der Waals surface area contributed by atoms with Crippen molar-refractivity contribution in [3.63, 3.8) is 0 Å². The molecule has 0 aromatic heterocycles. The second-order valence-electron chi connectivity index (χ2n) is 8.18. The van der Waals surface area contributed by atoms with Crippen molar-refractivity contribution >= 4 is 17.5 Å². The molecule has 32 heavy (non-hydrogen) atoms. The van der Waals surface area contributed by atoms with Gasteiger partial charge in [0.15, 0.2) is 0 Å². The number of aryl methyl sites for hydroxylation is 2. The highest BCUT2D eigenvalue weighted by Crippen LogP contribution is 2.30. The lowest BCUT2D eigenvalue weighted by Crippen LogP contribution is -2.37. The number of ether oxygens (including phenoxy) is 1. The van der Waals surface area contributed by atoms with E-state index < -0.39 is 0 Å². The van der Waals surface area contributed by atoms with Gasteiger partial charge >= 0.3 is 0 Å². The number of anilines is 1. The Bertz CT molecular complexity index is 1100. The first-order valence-electron chi connectivity index (χ1n) is 11.0. The number of amides is 2. The number of benzene rings is 3. The van der Waals surface area contributed by atoms with Gasteiger partial charge in [0, 0.05) is 17.8 Å². The number of rotatable bonds is 7. The van der Waals surface area contributed by atoms with Gasteiger partial charge in [-0.25, -0.2) is 0 Å². The molecule has 1 heterocycles. The minimum atomic E-state index is -0.235. The molecule has 2 amide bonds. The van der Waals surface area contributed by atoms with Gasteiger partial charge in [-0.05, 0) is 67.1 Å². The Balaban J connectivity index is 1.32. The molecular formula is C27H28N2O3. The summed E-state index contributed by atoms with van der Waals surface area (Å²) in [6.07, 6.45) is 2.43. The van der Waals surface area contributed by atoms with Crippen LogP contribution in [0.1, 0.15) is 33.5 Å². The molecule has 1 aliphatic heterocycles. The maximum atomic E-state index is 12.6. The topological polar surface area (TPSA) is 67.4 Å². The summed E-state index contributed by atoms with van der Waals surface area (Å²) < 4.78 is 5.82. The number of hydrogen-bond acceptors (Lipinski definition) is 3. The molecule has 0 spiro atoms. The summed E-state index contributed by atoms with van der Waals surface area (Å²) in [5.41, 5.74) is 4.48. The molecule has 4 rings (SSSR count). The second kappa shape index (κ2) is 10.1. The van der Waals surface area contributed by atoms with Crippen LogP contribution in [0.5, 0.6) is 5.75 Å². The first kappa shape index (κ1) is 21.6. The highest BCUT2D eigenvalue weighted by Gasteiger charge is 2.26. The standard InChI is InChI=1S/C27H28N2O3/c1-19-8-5-6-12-24(19)27(31)29-23-13-14-25-21(17-23)16-22(18-32-25)26(30)28-15-7-11-20-9-3-2-4-10-20/h2-6,8-10,12-14,17,22H,7,11,15-16,18H2,1H3,(H,28,30)(H,29,31)/t22-/m0/s1. The fraction of sp³-hybridized carbons (Fsp3) is 0.259. The van der Waals surface area contributed by atoms with E-state index in [1.807, 2.05) is 67.6 Å². The normalized spacial score (nSPS) is 14.7. The van der Waals surface area contributed by atoms with Crippen LogP contribution in [0.3, 0.4) is 0 Å². The summed E-state index contributed by atoms with van der Waals surface area (Å²) in [7, 11) is 0. The zero-order valence-corrected chi connectivity index (χ0v) is 18.3. The molecule has 5 nitrogen and oxygen atoms in total. The van der Waals surface area contributed by atoms with Gasteiger partial charge in [-0.3, -0.25) is 9.59 Å². The van der Waals surface area contributed by atoms with Crippen LogP contribution in [-0.4, -0.2) is 25.0 Å². The van der Waals surface area contributed by atoms with E-state index in [0.717, 1.165) is 29.7 Å². The molecule has 5 heteroatoms. The zero-order valence-electron chi connectivity index (χ0n) is 18.3. The van der Waals surface area contributed by atoms with Crippen molar-refractivity contribution in [2.45, 2.75) is 26.2 Å². The second-order valence-corrected chi connectivity index (χ2v) is 8.18. The average molecular weight is 429 g/mol. The Labute approximate surface area is 188 Å². The third-order valence-corrected chi connectivity index (χ3v) is 5.77. The molecule has 0 radical (unpaired) electrons. The van der Waals surface area contributed by atoms with Crippen molar-refractivity contribution in [3.05, 3.63) is 95.1 Å². The van der Waals surface area contributed by atoms with E-state index >= 15 is 0 Å². The van der Waals surface area contributed by atoms with Crippen LogP contribution >= 0.6 is 0 Å². The van der Waals surface area contributed by atoms with Crippen molar-refractivity contribution in [1.82, 2.24) is 5.32 Å². The third kappa shape index (κ3) is 5.35. The third-order valence-electron chi connectivity index (χ3n) is 5.77. The van der Waals surface area contributed by atoms with Gasteiger partial charge in [-0.15, -0.1) is 0 Å². The number of carbonyl (C=O) groups excluding carboxylic acids is 2. The lowest BCUT2D eigenvalue weighted by Gasteiger charge is -2.25.